The molecule has 3 aliphatic rings. The maximum atomic E-state index is 6.17. The molecule has 0 saturated heterocycles. The minimum absolute atomic E-state index is 0.0563. The van der Waals surface area contributed by atoms with Gasteiger partial charge in [-0.25, -0.2) is 0 Å². The smallest absolute Gasteiger partial charge is 0.0967 e. The fourth-order valence-corrected chi connectivity index (χ4v) is 7.62. The van der Waals surface area contributed by atoms with Gasteiger partial charge < -0.3 is 38.2 Å². The van der Waals surface area contributed by atoms with Crippen LogP contribution < -0.4 is 38.9 Å². The fraction of sp³-hybridized carbons (Fsp3) is 0.0682. The highest BCUT2D eigenvalue weighted by Gasteiger charge is 2.31. The van der Waals surface area contributed by atoms with E-state index in [1.165, 1.54) is 0 Å². The summed E-state index contributed by atoms with van der Waals surface area (Å²) in [6, 6.07) is 40.5. The third-order valence-electron chi connectivity index (χ3n) is 10.2. The van der Waals surface area contributed by atoms with Gasteiger partial charge >= 0.3 is 0 Å². The quantitative estimate of drug-likeness (QED) is 0.121. The molecule has 0 saturated carbocycles. The molecular weight excluding hydrogens is 641 g/mol. The third-order valence-corrected chi connectivity index (χ3v) is 10.2. The number of H-pyrrole nitrogens is 2. The molecule has 0 fully saturated rings. The monoisotopic (exact) mass is 678 g/mol. The number of aromatic nitrogens is 2. The Kier molecular flexibility index (Phi) is 7.43. The third kappa shape index (κ3) is 5.56. The Labute approximate surface area is 301 Å². The minimum Gasteiger partial charge on any atom is -0.399 e. The molecule has 0 amide bonds. The van der Waals surface area contributed by atoms with Crippen molar-refractivity contribution in [3.8, 4) is 0 Å². The number of hydrogen-bond donors (Lipinski definition) is 7. The molecule has 0 aliphatic carbocycles. The fourth-order valence-electron chi connectivity index (χ4n) is 7.62. The molecule has 0 radical (unpaired) electrons. The van der Waals surface area contributed by atoms with E-state index in [0.29, 0.717) is 17.1 Å². The molecule has 2 aromatic heterocycles. The molecule has 11 N–H and O–H groups in total. The first-order valence-electron chi connectivity index (χ1n) is 17.4. The number of fused-ring (bicyclic) bond motifs is 7. The highest BCUT2D eigenvalue weighted by Crippen LogP contribution is 2.37. The second kappa shape index (κ2) is 12.4. The first kappa shape index (κ1) is 31.1. The van der Waals surface area contributed by atoms with Gasteiger partial charge in [0.25, 0.3) is 0 Å². The summed E-state index contributed by atoms with van der Waals surface area (Å²) in [5, 5.41) is 5.81. The van der Waals surface area contributed by atoms with E-state index >= 15 is 0 Å². The van der Waals surface area contributed by atoms with Crippen molar-refractivity contribution < 1.29 is 0 Å². The van der Waals surface area contributed by atoms with Crippen molar-refractivity contribution in [1.29, 1.82) is 0 Å². The maximum Gasteiger partial charge on any atom is 0.0967 e. The molecule has 0 spiro atoms. The van der Waals surface area contributed by atoms with Gasteiger partial charge in [-0.3, -0.25) is 4.99 Å². The summed E-state index contributed by atoms with van der Waals surface area (Å²) in [7, 11) is 0. The number of allylic oxidation sites excluding steroid dienone is 2. The van der Waals surface area contributed by atoms with E-state index in [1.807, 2.05) is 48.5 Å². The molecule has 3 atom stereocenters. The number of rotatable bonds is 4. The number of nitrogens with two attached hydrogens (primary N) is 4. The van der Waals surface area contributed by atoms with Crippen LogP contribution in [-0.4, -0.2) is 27.8 Å². The van der Waals surface area contributed by atoms with Gasteiger partial charge in [0, 0.05) is 73.2 Å². The second-order valence-electron chi connectivity index (χ2n) is 13.5. The van der Waals surface area contributed by atoms with Crippen LogP contribution in [0.1, 0.15) is 39.6 Å². The van der Waals surface area contributed by atoms with Gasteiger partial charge in [-0.2, -0.15) is 0 Å². The molecule has 8 bridgehead atoms. The Hall–Kier alpha value is -6.93. The zero-order valence-corrected chi connectivity index (χ0v) is 28.3. The molecule has 4 aromatic carbocycles. The van der Waals surface area contributed by atoms with Crippen LogP contribution in [0.2, 0.25) is 0 Å². The predicted octanol–water partition coefficient (Wildman–Crippen LogP) is 5.58. The lowest BCUT2D eigenvalue weighted by atomic mass is 9.89. The number of nitrogens with zero attached hydrogens (tertiary/aromatic N) is 1. The molecule has 52 heavy (non-hydrogen) atoms. The van der Waals surface area contributed by atoms with Gasteiger partial charge in [0.05, 0.1) is 17.8 Å². The van der Waals surface area contributed by atoms with Crippen LogP contribution in [0.3, 0.4) is 0 Å². The molecular formula is C44H38N8. The SMILES string of the molecule is Nc1ccc(C2=c3ccc([nH]3)=C(c3ccc(N)cc3)c3ccc([nH]3)C(c3ccc(N)cc3)C3C=C/C(=C(\c4ccc(N)cc4)C4C=CC2=N4)N3)cc1. The zero-order chi connectivity index (χ0) is 35.3. The largest absolute Gasteiger partial charge is 0.399 e. The first-order chi connectivity index (χ1) is 25.4. The average Bonchev–Trinajstić information content (AvgIpc) is 3.99. The topological polar surface area (TPSA) is 160 Å². The number of hydrogen-bond acceptors (Lipinski definition) is 6. The number of nitrogens with one attached hydrogen (secondary N) is 3. The van der Waals surface area contributed by atoms with Crippen molar-refractivity contribution >= 4 is 45.2 Å². The normalized spacial score (nSPS) is 20.6. The summed E-state index contributed by atoms with van der Waals surface area (Å²) in [6.07, 6.45) is 8.75. The van der Waals surface area contributed by atoms with Crippen LogP contribution in [0.5, 0.6) is 0 Å². The van der Waals surface area contributed by atoms with E-state index in [2.05, 4.69) is 112 Å². The molecule has 5 heterocycles. The van der Waals surface area contributed by atoms with Crippen LogP contribution in [-0.2, 0) is 0 Å². The summed E-state index contributed by atoms with van der Waals surface area (Å²) >= 11 is 0. The number of nitrogen functional groups attached to an aromatic ring is 4. The lowest BCUT2D eigenvalue weighted by molar-refractivity contribution is 0.615. The Morgan fingerprint density at radius 1 is 0.500 bits per heavy atom. The van der Waals surface area contributed by atoms with Gasteiger partial charge in [0.1, 0.15) is 0 Å². The lowest BCUT2D eigenvalue weighted by Gasteiger charge is -2.25. The number of aliphatic imine (C=N–C) groups is 1. The van der Waals surface area contributed by atoms with Gasteiger partial charge in [-0.1, -0.05) is 60.7 Å². The molecule has 9 rings (SSSR count). The van der Waals surface area contributed by atoms with Crippen molar-refractivity contribution in [3.63, 3.8) is 0 Å². The number of aromatic amines is 2. The molecule has 8 nitrogen and oxygen atoms in total. The van der Waals surface area contributed by atoms with Gasteiger partial charge in [0.15, 0.2) is 0 Å². The molecule has 3 aliphatic heterocycles. The van der Waals surface area contributed by atoms with Crippen LogP contribution in [0.15, 0.2) is 156 Å². The van der Waals surface area contributed by atoms with Crippen LogP contribution in [0.25, 0.3) is 16.7 Å². The van der Waals surface area contributed by atoms with Gasteiger partial charge in [-0.05, 0) is 107 Å². The van der Waals surface area contributed by atoms with Gasteiger partial charge in [0.2, 0.25) is 0 Å². The van der Waals surface area contributed by atoms with E-state index in [9.17, 15) is 0 Å². The molecule has 3 unspecified atom stereocenters. The summed E-state index contributed by atoms with van der Waals surface area (Å²) in [4.78, 5) is 13.1. The molecule has 8 heteroatoms. The Morgan fingerprint density at radius 2 is 1.06 bits per heavy atom. The summed E-state index contributed by atoms with van der Waals surface area (Å²) in [5.41, 5.74) is 38.8. The Balaban J connectivity index is 1.35. The summed E-state index contributed by atoms with van der Waals surface area (Å²) in [5.74, 6) is -0.0563. The predicted molar refractivity (Wildman–Crippen MR) is 214 cm³/mol. The van der Waals surface area contributed by atoms with Crippen molar-refractivity contribution in [2.75, 3.05) is 22.9 Å². The van der Waals surface area contributed by atoms with Crippen molar-refractivity contribution in [3.05, 3.63) is 196 Å². The zero-order valence-electron chi connectivity index (χ0n) is 28.3. The van der Waals surface area contributed by atoms with Crippen molar-refractivity contribution in [2.24, 2.45) is 4.99 Å². The average molecular weight is 679 g/mol. The first-order valence-corrected chi connectivity index (χ1v) is 17.4. The lowest BCUT2D eigenvalue weighted by Crippen LogP contribution is -2.30. The minimum atomic E-state index is -0.250. The second-order valence-corrected chi connectivity index (χ2v) is 13.5. The maximum absolute atomic E-state index is 6.17. The highest BCUT2D eigenvalue weighted by molar-refractivity contribution is 6.30. The van der Waals surface area contributed by atoms with Crippen molar-refractivity contribution in [1.82, 2.24) is 15.3 Å². The number of anilines is 4. The van der Waals surface area contributed by atoms with E-state index in [1.54, 1.807) is 0 Å². The van der Waals surface area contributed by atoms with Crippen LogP contribution in [0, 0.1) is 0 Å². The van der Waals surface area contributed by atoms with Crippen LogP contribution in [0.4, 0.5) is 22.7 Å². The Morgan fingerprint density at radius 3 is 1.69 bits per heavy atom. The van der Waals surface area contributed by atoms with Crippen molar-refractivity contribution in [2.45, 2.75) is 18.0 Å². The summed E-state index contributed by atoms with van der Waals surface area (Å²) < 4.78 is 0. The van der Waals surface area contributed by atoms with Crippen LogP contribution >= 0.6 is 0 Å². The van der Waals surface area contributed by atoms with E-state index in [-0.39, 0.29) is 18.0 Å². The standard InChI is InChI=1S/C44H38N8/c45-29-9-1-25(2-10-29)41-33-17-19-35(49-33)42(26-3-11-30(46)12-4-26)37-21-23-39(51-37)44(28-7-15-32(48)16-8-28)40-24-22-38(52-40)43(36-20-18-34(41)50-36)27-5-13-31(47)14-6-27/h1-24,33,36,43,50-52H,45-48H2/b41-34-,42-37?,44-39?. The van der Waals surface area contributed by atoms with E-state index < -0.39 is 0 Å². The van der Waals surface area contributed by atoms with E-state index in [0.717, 1.165) is 78.2 Å². The number of benzene rings is 4. The highest BCUT2D eigenvalue weighted by atomic mass is 15.0. The molecule has 6 aromatic rings. The molecule has 254 valence electrons. The van der Waals surface area contributed by atoms with E-state index in [4.69, 9.17) is 27.9 Å². The van der Waals surface area contributed by atoms with Gasteiger partial charge in [-0.15, -0.1) is 0 Å². The Bertz CT molecular complexity index is 2560. The summed E-state index contributed by atoms with van der Waals surface area (Å²) in [6.45, 7) is 0.